The highest BCUT2D eigenvalue weighted by atomic mass is 16.6. The fraction of sp³-hybridized carbons (Fsp3) is 0. The van der Waals surface area contributed by atoms with Gasteiger partial charge in [0.05, 0.1) is 0 Å². The predicted octanol–water partition coefficient (Wildman–Crippen LogP) is 1.32. The third-order valence-electron chi connectivity index (χ3n) is 2.09. The molecule has 1 amide bonds. The Bertz CT molecular complexity index is 573. The number of carbonyl (C=O) groups is 2. The van der Waals surface area contributed by atoms with Gasteiger partial charge in [0.15, 0.2) is 0 Å². The second-order valence-corrected chi connectivity index (χ2v) is 3.10. The number of hydrogen-bond acceptors (Lipinski definition) is 3. The number of carboxylic acid groups (broad SMARTS) is 1. The van der Waals surface area contributed by atoms with Crippen molar-refractivity contribution < 1.29 is 19.4 Å². The summed E-state index contributed by atoms with van der Waals surface area (Å²) in [5.41, 5.74) is 5.30. The van der Waals surface area contributed by atoms with Gasteiger partial charge in [0, 0.05) is 10.9 Å². The van der Waals surface area contributed by atoms with E-state index in [1.54, 1.807) is 24.3 Å². The molecule has 0 radical (unpaired) electrons. The maximum absolute atomic E-state index is 11.0. The highest BCUT2D eigenvalue weighted by molar-refractivity contribution is 6.06. The third kappa shape index (κ3) is 1.56. The standard InChI is InChI=1S/C10H8N2O4/c11-10(15)16-8-7(9(13)14)5-3-1-2-4-6(5)12-8/h1-4,12H,(H2,11,15)(H,13,14). The van der Waals surface area contributed by atoms with Crippen LogP contribution in [0.1, 0.15) is 10.4 Å². The number of aromatic amines is 1. The van der Waals surface area contributed by atoms with Crippen molar-refractivity contribution in [3.05, 3.63) is 29.8 Å². The van der Waals surface area contributed by atoms with Crippen LogP contribution in [0, 0.1) is 0 Å². The first-order valence-electron chi connectivity index (χ1n) is 4.41. The van der Waals surface area contributed by atoms with Gasteiger partial charge in [-0.1, -0.05) is 18.2 Å². The topological polar surface area (TPSA) is 105 Å². The minimum absolute atomic E-state index is 0.102. The fourth-order valence-electron chi connectivity index (χ4n) is 1.51. The first kappa shape index (κ1) is 10.0. The van der Waals surface area contributed by atoms with Gasteiger partial charge in [0.1, 0.15) is 5.56 Å². The van der Waals surface area contributed by atoms with Crippen molar-refractivity contribution >= 4 is 23.0 Å². The largest absolute Gasteiger partial charge is 0.477 e. The molecule has 0 aliphatic carbocycles. The SMILES string of the molecule is NC(=O)Oc1[nH]c2ccccc2c1C(=O)O. The van der Waals surface area contributed by atoms with Crippen LogP contribution in [-0.2, 0) is 0 Å². The van der Waals surface area contributed by atoms with Gasteiger partial charge in [-0.2, -0.15) is 0 Å². The Kier molecular flexibility index (Phi) is 2.24. The molecule has 1 heterocycles. The minimum atomic E-state index is -1.19. The van der Waals surface area contributed by atoms with Crippen LogP contribution in [0.15, 0.2) is 24.3 Å². The van der Waals surface area contributed by atoms with Gasteiger partial charge in [-0.25, -0.2) is 9.59 Å². The molecule has 0 aliphatic rings. The molecule has 82 valence electrons. The van der Waals surface area contributed by atoms with Crippen molar-refractivity contribution in [3.63, 3.8) is 0 Å². The van der Waals surface area contributed by atoms with Gasteiger partial charge in [0.2, 0.25) is 5.88 Å². The molecule has 0 atom stereocenters. The Morgan fingerprint density at radius 2 is 2.00 bits per heavy atom. The molecule has 0 bridgehead atoms. The van der Waals surface area contributed by atoms with Crippen LogP contribution in [0.2, 0.25) is 0 Å². The van der Waals surface area contributed by atoms with Crippen molar-refractivity contribution in [3.8, 4) is 5.88 Å². The maximum Gasteiger partial charge on any atom is 0.411 e. The number of aromatic carboxylic acids is 1. The zero-order chi connectivity index (χ0) is 11.7. The normalized spacial score (nSPS) is 10.2. The molecule has 0 fully saturated rings. The predicted molar refractivity (Wildman–Crippen MR) is 55.5 cm³/mol. The summed E-state index contributed by atoms with van der Waals surface area (Å²) in [5, 5.41) is 9.48. The van der Waals surface area contributed by atoms with Crippen LogP contribution in [0.25, 0.3) is 10.9 Å². The van der Waals surface area contributed by atoms with E-state index in [1.165, 1.54) is 0 Å². The average Bonchev–Trinajstić information content (AvgIpc) is 2.53. The number of fused-ring (bicyclic) bond motifs is 1. The van der Waals surface area contributed by atoms with E-state index in [9.17, 15) is 9.59 Å². The molecule has 1 aromatic carbocycles. The van der Waals surface area contributed by atoms with Crippen LogP contribution in [0.3, 0.4) is 0 Å². The van der Waals surface area contributed by atoms with Crippen LogP contribution in [-0.4, -0.2) is 22.2 Å². The summed E-state index contributed by atoms with van der Waals surface area (Å²) in [6.07, 6.45) is -1.06. The number of carboxylic acids is 1. The van der Waals surface area contributed by atoms with E-state index >= 15 is 0 Å². The maximum atomic E-state index is 11.0. The molecule has 16 heavy (non-hydrogen) atoms. The number of nitrogens with two attached hydrogens (primary N) is 1. The Balaban J connectivity index is 2.68. The number of nitrogens with one attached hydrogen (secondary N) is 1. The van der Waals surface area contributed by atoms with Crippen molar-refractivity contribution in [2.75, 3.05) is 0 Å². The smallest absolute Gasteiger partial charge is 0.411 e. The first-order chi connectivity index (χ1) is 7.59. The molecule has 0 unspecified atom stereocenters. The van der Waals surface area contributed by atoms with E-state index < -0.39 is 12.1 Å². The average molecular weight is 220 g/mol. The number of para-hydroxylation sites is 1. The Morgan fingerprint density at radius 3 is 2.62 bits per heavy atom. The van der Waals surface area contributed by atoms with Crippen LogP contribution < -0.4 is 10.5 Å². The Hall–Kier alpha value is -2.50. The number of H-pyrrole nitrogens is 1. The summed E-state index contributed by atoms with van der Waals surface area (Å²) in [4.78, 5) is 24.3. The zero-order valence-corrected chi connectivity index (χ0v) is 8.06. The van der Waals surface area contributed by atoms with Crippen LogP contribution in [0.4, 0.5) is 4.79 Å². The lowest BCUT2D eigenvalue weighted by Crippen LogP contribution is -2.17. The molecule has 0 saturated carbocycles. The highest BCUT2D eigenvalue weighted by Gasteiger charge is 2.19. The molecular weight excluding hydrogens is 212 g/mol. The summed E-state index contributed by atoms with van der Waals surface area (Å²) in [5.74, 6) is -1.34. The molecule has 6 nitrogen and oxygen atoms in total. The highest BCUT2D eigenvalue weighted by Crippen LogP contribution is 2.27. The van der Waals surface area contributed by atoms with Crippen LogP contribution >= 0.6 is 0 Å². The molecule has 0 saturated heterocycles. The first-order valence-corrected chi connectivity index (χ1v) is 4.41. The molecule has 2 rings (SSSR count). The Morgan fingerprint density at radius 1 is 1.31 bits per heavy atom. The summed E-state index contributed by atoms with van der Waals surface area (Å²) < 4.78 is 4.59. The van der Waals surface area contributed by atoms with Crippen molar-refractivity contribution in [1.29, 1.82) is 0 Å². The fourth-order valence-corrected chi connectivity index (χ4v) is 1.51. The van der Waals surface area contributed by atoms with Crippen LogP contribution in [0.5, 0.6) is 5.88 Å². The van der Waals surface area contributed by atoms with Gasteiger partial charge in [-0.3, -0.25) is 0 Å². The number of primary amides is 1. The lowest BCUT2D eigenvalue weighted by atomic mass is 10.2. The quantitative estimate of drug-likeness (QED) is 0.709. The number of benzene rings is 1. The van der Waals surface area contributed by atoms with E-state index in [-0.39, 0.29) is 11.4 Å². The number of rotatable bonds is 2. The number of aromatic nitrogens is 1. The second-order valence-electron chi connectivity index (χ2n) is 3.10. The van der Waals surface area contributed by atoms with Crippen molar-refractivity contribution in [2.45, 2.75) is 0 Å². The number of amides is 1. The third-order valence-corrected chi connectivity index (χ3v) is 2.09. The summed E-state index contributed by atoms with van der Waals surface area (Å²) in [6.45, 7) is 0. The lowest BCUT2D eigenvalue weighted by Gasteiger charge is -1.98. The number of carbonyl (C=O) groups excluding carboxylic acids is 1. The summed E-state index contributed by atoms with van der Waals surface area (Å²) in [6, 6.07) is 6.72. The van der Waals surface area contributed by atoms with Gasteiger partial charge >= 0.3 is 12.1 Å². The molecular formula is C10H8N2O4. The van der Waals surface area contributed by atoms with Gasteiger partial charge in [0.25, 0.3) is 0 Å². The molecule has 2 aromatic rings. The summed E-state index contributed by atoms with van der Waals surface area (Å²) >= 11 is 0. The molecule has 6 heteroatoms. The van der Waals surface area contributed by atoms with E-state index in [1.807, 2.05) is 0 Å². The Labute approximate surface area is 89.6 Å². The van der Waals surface area contributed by atoms with E-state index in [0.29, 0.717) is 10.9 Å². The molecule has 4 N–H and O–H groups in total. The number of hydrogen-bond donors (Lipinski definition) is 3. The zero-order valence-electron chi connectivity index (χ0n) is 8.06. The van der Waals surface area contributed by atoms with Gasteiger partial charge in [-0.05, 0) is 6.07 Å². The van der Waals surface area contributed by atoms with E-state index in [0.717, 1.165) is 0 Å². The summed E-state index contributed by atoms with van der Waals surface area (Å²) in [7, 11) is 0. The second kappa shape index (κ2) is 3.58. The monoisotopic (exact) mass is 220 g/mol. The number of ether oxygens (including phenoxy) is 1. The molecule has 1 aromatic heterocycles. The van der Waals surface area contributed by atoms with Gasteiger partial charge in [-0.15, -0.1) is 0 Å². The van der Waals surface area contributed by atoms with Gasteiger partial charge < -0.3 is 20.6 Å². The van der Waals surface area contributed by atoms with Crippen molar-refractivity contribution in [2.24, 2.45) is 5.73 Å². The van der Waals surface area contributed by atoms with Crippen molar-refractivity contribution in [1.82, 2.24) is 4.98 Å². The minimum Gasteiger partial charge on any atom is -0.477 e. The lowest BCUT2D eigenvalue weighted by molar-refractivity contribution is 0.0696. The van der Waals surface area contributed by atoms with E-state index in [2.05, 4.69) is 9.72 Å². The molecule has 0 spiro atoms. The van der Waals surface area contributed by atoms with E-state index in [4.69, 9.17) is 10.8 Å². The molecule has 0 aliphatic heterocycles.